The number of benzene rings is 1. The Bertz CT molecular complexity index is 617. The summed E-state index contributed by atoms with van der Waals surface area (Å²) in [6, 6.07) is 7.94. The van der Waals surface area contributed by atoms with Crippen LogP contribution < -0.4 is 10.6 Å². The lowest BCUT2D eigenvalue weighted by Crippen LogP contribution is -2.51. The van der Waals surface area contributed by atoms with Gasteiger partial charge in [0.25, 0.3) is 0 Å². The van der Waals surface area contributed by atoms with E-state index in [0.717, 1.165) is 57.1 Å². The van der Waals surface area contributed by atoms with E-state index < -0.39 is 0 Å². The van der Waals surface area contributed by atoms with E-state index in [9.17, 15) is 4.79 Å². The number of halogens is 2. The number of aliphatic imine (C=N–C) groups is 1. The SMILES string of the molecule is I.NC(=NCCCN1CCCC1=O)N1CCN(c2ccc(Cl)cc2)CC1. The molecule has 2 aliphatic rings. The fourth-order valence-electron chi connectivity index (χ4n) is 3.34. The van der Waals surface area contributed by atoms with Crippen molar-refractivity contribution in [3.05, 3.63) is 29.3 Å². The van der Waals surface area contributed by atoms with E-state index in [4.69, 9.17) is 17.3 Å². The predicted octanol–water partition coefficient (Wildman–Crippen LogP) is 2.41. The van der Waals surface area contributed by atoms with E-state index in [1.165, 1.54) is 5.69 Å². The van der Waals surface area contributed by atoms with Crippen LogP contribution >= 0.6 is 35.6 Å². The van der Waals surface area contributed by atoms with E-state index in [1.807, 2.05) is 17.0 Å². The van der Waals surface area contributed by atoms with Crippen LogP contribution in [0.5, 0.6) is 0 Å². The number of amides is 1. The van der Waals surface area contributed by atoms with Crippen molar-refractivity contribution in [2.45, 2.75) is 19.3 Å². The van der Waals surface area contributed by atoms with Gasteiger partial charge in [0.1, 0.15) is 0 Å². The smallest absolute Gasteiger partial charge is 0.222 e. The highest BCUT2D eigenvalue weighted by molar-refractivity contribution is 14.0. The van der Waals surface area contributed by atoms with Crippen molar-refractivity contribution >= 4 is 53.1 Å². The van der Waals surface area contributed by atoms with Gasteiger partial charge in [-0.3, -0.25) is 9.79 Å². The second-order valence-electron chi connectivity index (χ2n) is 6.53. The van der Waals surface area contributed by atoms with E-state index in [1.54, 1.807) is 0 Å². The Morgan fingerprint density at radius 1 is 1.12 bits per heavy atom. The first-order chi connectivity index (χ1) is 12.1. The van der Waals surface area contributed by atoms with Crippen molar-refractivity contribution in [2.24, 2.45) is 10.7 Å². The Kier molecular flexibility index (Phi) is 8.27. The van der Waals surface area contributed by atoms with E-state index in [0.29, 0.717) is 18.9 Å². The highest BCUT2D eigenvalue weighted by Gasteiger charge is 2.20. The van der Waals surface area contributed by atoms with Gasteiger partial charge in [-0.1, -0.05) is 11.6 Å². The van der Waals surface area contributed by atoms with Crippen LogP contribution in [0.1, 0.15) is 19.3 Å². The Morgan fingerprint density at radius 2 is 1.81 bits per heavy atom. The molecule has 3 rings (SSSR count). The molecular weight excluding hydrogens is 465 g/mol. The standard InChI is InChI=1S/C18H26ClN5O.HI/c19-15-4-6-16(7-5-15)22-11-13-24(14-12-22)18(20)21-8-2-10-23-9-1-3-17(23)25;/h4-7H,1-3,8-14H2,(H2,20,21);1H. The largest absolute Gasteiger partial charge is 0.370 e. The Balaban J connectivity index is 0.00000243. The molecule has 144 valence electrons. The Morgan fingerprint density at radius 3 is 2.42 bits per heavy atom. The van der Waals surface area contributed by atoms with Crippen LogP contribution in [-0.2, 0) is 4.79 Å². The number of rotatable bonds is 5. The van der Waals surface area contributed by atoms with Crippen LogP contribution in [0.2, 0.25) is 5.02 Å². The molecule has 0 bridgehead atoms. The molecule has 2 saturated heterocycles. The molecule has 1 aromatic carbocycles. The van der Waals surface area contributed by atoms with Crippen LogP contribution in [0.15, 0.2) is 29.3 Å². The predicted molar refractivity (Wildman–Crippen MR) is 118 cm³/mol. The van der Waals surface area contributed by atoms with E-state index >= 15 is 0 Å². The van der Waals surface area contributed by atoms with Crippen LogP contribution in [0, 0.1) is 0 Å². The minimum absolute atomic E-state index is 0. The zero-order valence-electron chi connectivity index (χ0n) is 14.9. The topological polar surface area (TPSA) is 65.2 Å². The number of carbonyl (C=O) groups excluding carboxylic acids is 1. The summed E-state index contributed by atoms with van der Waals surface area (Å²) in [5, 5.41) is 0.759. The molecule has 0 atom stereocenters. The molecule has 2 heterocycles. The summed E-state index contributed by atoms with van der Waals surface area (Å²) in [6.07, 6.45) is 2.56. The first-order valence-electron chi connectivity index (χ1n) is 8.96. The van der Waals surface area contributed by atoms with Crippen molar-refractivity contribution in [1.82, 2.24) is 9.80 Å². The molecule has 0 unspecified atom stereocenters. The van der Waals surface area contributed by atoms with Gasteiger partial charge in [-0.15, -0.1) is 24.0 Å². The molecule has 1 amide bonds. The summed E-state index contributed by atoms with van der Waals surface area (Å²) in [7, 11) is 0. The van der Waals surface area contributed by atoms with E-state index in [2.05, 4.69) is 26.9 Å². The number of piperazine rings is 1. The lowest BCUT2D eigenvalue weighted by Gasteiger charge is -2.36. The molecular formula is C18H27ClIN5O. The van der Waals surface area contributed by atoms with Gasteiger partial charge >= 0.3 is 0 Å². The number of nitrogens with zero attached hydrogens (tertiary/aromatic N) is 4. The lowest BCUT2D eigenvalue weighted by molar-refractivity contribution is -0.127. The van der Waals surface area contributed by atoms with Crippen molar-refractivity contribution in [3.8, 4) is 0 Å². The van der Waals surface area contributed by atoms with Gasteiger partial charge in [0.2, 0.25) is 5.91 Å². The molecule has 0 aliphatic carbocycles. The van der Waals surface area contributed by atoms with Gasteiger partial charge in [0.15, 0.2) is 5.96 Å². The third kappa shape index (κ3) is 5.64. The number of likely N-dealkylation sites (tertiary alicyclic amines) is 1. The third-order valence-electron chi connectivity index (χ3n) is 4.83. The third-order valence-corrected chi connectivity index (χ3v) is 5.08. The normalized spacial score (nSPS) is 18.3. The van der Waals surface area contributed by atoms with Gasteiger partial charge in [-0.25, -0.2) is 0 Å². The van der Waals surface area contributed by atoms with Gasteiger partial charge in [-0.2, -0.15) is 0 Å². The monoisotopic (exact) mass is 491 g/mol. The summed E-state index contributed by atoms with van der Waals surface area (Å²) in [5.74, 6) is 0.888. The van der Waals surface area contributed by atoms with Gasteiger partial charge in [0.05, 0.1) is 0 Å². The van der Waals surface area contributed by atoms with Crippen LogP contribution in [0.25, 0.3) is 0 Å². The minimum Gasteiger partial charge on any atom is -0.370 e. The van der Waals surface area contributed by atoms with Crippen LogP contribution in [0.3, 0.4) is 0 Å². The fourth-order valence-corrected chi connectivity index (χ4v) is 3.47. The molecule has 0 aromatic heterocycles. The van der Waals surface area contributed by atoms with Crippen LogP contribution in [-0.4, -0.2) is 67.5 Å². The van der Waals surface area contributed by atoms with Crippen molar-refractivity contribution in [3.63, 3.8) is 0 Å². The first-order valence-corrected chi connectivity index (χ1v) is 9.34. The minimum atomic E-state index is 0. The van der Waals surface area contributed by atoms with Gasteiger partial charge < -0.3 is 20.4 Å². The summed E-state index contributed by atoms with van der Waals surface area (Å²) < 4.78 is 0. The molecule has 2 fully saturated rings. The molecule has 8 heteroatoms. The fraction of sp³-hybridized carbons (Fsp3) is 0.556. The molecule has 2 aliphatic heterocycles. The quantitative estimate of drug-likeness (QED) is 0.297. The summed E-state index contributed by atoms with van der Waals surface area (Å²) in [5.41, 5.74) is 7.32. The summed E-state index contributed by atoms with van der Waals surface area (Å²) in [4.78, 5) is 22.4. The van der Waals surface area contributed by atoms with Crippen LogP contribution in [0.4, 0.5) is 5.69 Å². The highest BCUT2D eigenvalue weighted by atomic mass is 127. The second-order valence-corrected chi connectivity index (χ2v) is 6.96. The zero-order chi connectivity index (χ0) is 17.6. The number of hydrogen-bond donors (Lipinski definition) is 1. The summed E-state index contributed by atoms with van der Waals surface area (Å²) in [6.45, 7) is 5.92. The molecule has 0 spiro atoms. The Hall–Kier alpha value is -1.22. The Labute approximate surface area is 177 Å². The molecule has 0 radical (unpaired) electrons. The van der Waals surface area contributed by atoms with Gasteiger partial charge in [0, 0.05) is 62.9 Å². The maximum absolute atomic E-state index is 11.6. The van der Waals surface area contributed by atoms with Crippen molar-refractivity contribution in [2.75, 3.05) is 50.7 Å². The first kappa shape index (κ1) is 21.1. The summed E-state index contributed by atoms with van der Waals surface area (Å²) >= 11 is 5.94. The maximum atomic E-state index is 11.6. The average Bonchev–Trinajstić information content (AvgIpc) is 3.04. The van der Waals surface area contributed by atoms with Gasteiger partial charge in [-0.05, 0) is 37.1 Å². The number of hydrogen-bond acceptors (Lipinski definition) is 3. The van der Waals surface area contributed by atoms with Crippen molar-refractivity contribution in [1.29, 1.82) is 0 Å². The molecule has 1 aromatic rings. The zero-order valence-corrected chi connectivity index (χ0v) is 18.0. The highest BCUT2D eigenvalue weighted by Crippen LogP contribution is 2.19. The maximum Gasteiger partial charge on any atom is 0.222 e. The number of anilines is 1. The molecule has 26 heavy (non-hydrogen) atoms. The van der Waals surface area contributed by atoms with Crippen molar-refractivity contribution < 1.29 is 4.79 Å². The number of nitrogens with two attached hydrogens (primary N) is 1. The molecule has 2 N–H and O–H groups in total. The second kappa shape index (κ2) is 10.2. The van der Waals surface area contributed by atoms with E-state index in [-0.39, 0.29) is 29.9 Å². The average molecular weight is 492 g/mol. The lowest BCUT2D eigenvalue weighted by atomic mass is 10.2. The molecule has 0 saturated carbocycles. The molecule has 6 nitrogen and oxygen atoms in total. The number of carbonyl (C=O) groups is 1. The number of guanidine groups is 1.